The van der Waals surface area contributed by atoms with Crippen LogP contribution in [0.2, 0.25) is 0 Å². The molecule has 1 aliphatic heterocycles. The van der Waals surface area contributed by atoms with E-state index in [-0.39, 0.29) is 0 Å². The lowest BCUT2D eigenvalue weighted by atomic mass is 10.2. The minimum Gasteiger partial charge on any atom is -0.254 e. The van der Waals surface area contributed by atoms with Crippen molar-refractivity contribution in [3.63, 3.8) is 0 Å². The van der Waals surface area contributed by atoms with Crippen LogP contribution in [0.4, 0.5) is 0 Å². The Labute approximate surface area is 110 Å². The molecule has 2 aromatic rings. The maximum absolute atomic E-state index is 4.47. The molecule has 0 radical (unpaired) electrons. The predicted octanol–water partition coefficient (Wildman–Crippen LogP) is 3.58. The van der Waals surface area contributed by atoms with Gasteiger partial charge in [-0.1, -0.05) is 60.7 Å². The van der Waals surface area contributed by atoms with Crippen molar-refractivity contribution in [3.05, 3.63) is 71.8 Å². The quantitative estimate of drug-likeness (QED) is 0.801. The summed E-state index contributed by atoms with van der Waals surface area (Å²) in [4.78, 5) is 8.94. The fourth-order valence-electron chi connectivity index (χ4n) is 1.78. The largest absolute Gasteiger partial charge is 0.254 e. The van der Waals surface area contributed by atoms with Gasteiger partial charge in [0.05, 0.1) is 0 Å². The van der Waals surface area contributed by atoms with Gasteiger partial charge in [-0.15, -0.1) is 0 Å². The summed E-state index contributed by atoms with van der Waals surface area (Å²) < 4.78 is 0. The molecule has 18 heavy (non-hydrogen) atoms. The molecule has 0 unspecified atom stereocenters. The third-order valence-electron chi connectivity index (χ3n) is 2.66. The topological polar surface area (TPSA) is 24.7 Å². The van der Waals surface area contributed by atoms with Gasteiger partial charge in [0.2, 0.25) is 0 Å². The first-order valence-corrected chi connectivity index (χ1v) is 6.63. The zero-order valence-electron chi connectivity index (χ0n) is 9.78. The van der Waals surface area contributed by atoms with Crippen LogP contribution in [0.5, 0.6) is 0 Å². The molecule has 2 aromatic carbocycles. The molecule has 0 spiro atoms. The number of nitrogens with zero attached hydrogens (tertiary/aromatic N) is 2. The molecule has 88 valence electrons. The Morgan fingerprint density at radius 1 is 0.667 bits per heavy atom. The lowest BCUT2D eigenvalue weighted by Crippen LogP contribution is -2.09. The molecule has 0 bridgehead atoms. The first-order valence-electron chi connectivity index (χ1n) is 5.81. The number of hydrogen-bond donors (Lipinski definition) is 0. The average Bonchev–Trinajstić information content (AvgIpc) is 2.49. The molecule has 0 amide bonds. The summed E-state index contributed by atoms with van der Waals surface area (Å²) in [5.74, 6) is 0. The highest BCUT2D eigenvalue weighted by Gasteiger charge is 2.13. The van der Waals surface area contributed by atoms with Crippen molar-refractivity contribution in [1.82, 2.24) is 0 Å². The van der Waals surface area contributed by atoms with Crippen LogP contribution in [0, 0.1) is 0 Å². The van der Waals surface area contributed by atoms with Gasteiger partial charge >= 0.3 is 0 Å². The summed E-state index contributed by atoms with van der Waals surface area (Å²) in [6.45, 7) is 0.515. The molecule has 3 rings (SSSR count). The summed E-state index contributed by atoms with van der Waals surface area (Å²) in [6, 6.07) is 20.5. The van der Waals surface area contributed by atoms with Crippen LogP contribution in [-0.4, -0.2) is 16.8 Å². The van der Waals surface area contributed by atoms with Gasteiger partial charge in [0.1, 0.15) is 16.8 Å². The Kier molecular flexibility index (Phi) is 3.24. The van der Waals surface area contributed by atoms with E-state index in [0.29, 0.717) is 6.67 Å². The zero-order chi connectivity index (χ0) is 12.2. The molecule has 0 fully saturated rings. The minimum absolute atomic E-state index is 0.515. The Morgan fingerprint density at radius 2 is 1.11 bits per heavy atom. The smallest absolute Gasteiger partial charge is 0.132 e. The van der Waals surface area contributed by atoms with Crippen LogP contribution < -0.4 is 0 Å². The predicted molar refractivity (Wildman–Crippen MR) is 78.4 cm³/mol. The van der Waals surface area contributed by atoms with Crippen LogP contribution in [0.3, 0.4) is 0 Å². The van der Waals surface area contributed by atoms with Gasteiger partial charge in [-0.25, -0.2) is 0 Å². The van der Waals surface area contributed by atoms with Crippen LogP contribution in [-0.2, 0) is 0 Å². The van der Waals surface area contributed by atoms with E-state index >= 15 is 0 Å². The summed E-state index contributed by atoms with van der Waals surface area (Å²) in [6.07, 6.45) is 0. The lowest BCUT2D eigenvalue weighted by Gasteiger charge is -2.13. The van der Waals surface area contributed by atoms with E-state index in [2.05, 4.69) is 34.3 Å². The second kappa shape index (κ2) is 5.19. The van der Waals surface area contributed by atoms with Crippen molar-refractivity contribution >= 4 is 21.8 Å². The van der Waals surface area contributed by atoms with E-state index < -0.39 is 0 Å². The molecule has 0 aromatic heterocycles. The maximum Gasteiger partial charge on any atom is 0.132 e. The van der Waals surface area contributed by atoms with E-state index in [1.807, 2.05) is 36.4 Å². The molecule has 1 aliphatic rings. The molecule has 0 atom stereocenters. The minimum atomic E-state index is 0.515. The molecule has 0 N–H and O–H groups in total. The fourth-order valence-corrected chi connectivity index (χ4v) is 2.72. The van der Waals surface area contributed by atoms with Crippen LogP contribution in [0.1, 0.15) is 11.1 Å². The molecule has 0 aliphatic carbocycles. The van der Waals surface area contributed by atoms with E-state index in [1.54, 1.807) is 11.8 Å². The standard InChI is InChI=1S/C15H12N2S/c1-3-7-12(8-4-1)14-16-11-17-15(18-14)13-9-5-2-6-10-13/h1-10H,11H2. The number of hydrogen-bond acceptors (Lipinski definition) is 3. The van der Waals surface area contributed by atoms with Crippen molar-refractivity contribution in [1.29, 1.82) is 0 Å². The van der Waals surface area contributed by atoms with Crippen molar-refractivity contribution < 1.29 is 0 Å². The first-order chi connectivity index (χ1) is 8.93. The SMILES string of the molecule is c1ccc(C2=NCN=C(c3ccccc3)S2)cc1. The van der Waals surface area contributed by atoms with Crippen molar-refractivity contribution in [2.75, 3.05) is 6.67 Å². The summed E-state index contributed by atoms with van der Waals surface area (Å²) in [7, 11) is 0. The second-order valence-corrected chi connectivity index (χ2v) is 4.88. The lowest BCUT2D eigenvalue weighted by molar-refractivity contribution is 1.07. The van der Waals surface area contributed by atoms with Crippen LogP contribution >= 0.6 is 11.8 Å². The van der Waals surface area contributed by atoms with Crippen molar-refractivity contribution in [2.45, 2.75) is 0 Å². The third kappa shape index (κ3) is 2.36. The van der Waals surface area contributed by atoms with Crippen molar-refractivity contribution in [2.24, 2.45) is 9.98 Å². The number of thioether (sulfide) groups is 1. The Morgan fingerprint density at radius 3 is 1.56 bits per heavy atom. The van der Waals surface area contributed by atoms with E-state index in [4.69, 9.17) is 0 Å². The average molecular weight is 252 g/mol. The van der Waals surface area contributed by atoms with Gasteiger partial charge in [0, 0.05) is 11.1 Å². The highest BCUT2D eigenvalue weighted by atomic mass is 32.2. The summed E-state index contributed by atoms with van der Waals surface area (Å²) in [5, 5.41) is 2.09. The first kappa shape index (κ1) is 11.2. The number of rotatable bonds is 2. The van der Waals surface area contributed by atoms with Crippen molar-refractivity contribution in [3.8, 4) is 0 Å². The molecule has 3 heteroatoms. The summed E-state index contributed by atoms with van der Waals surface area (Å²) >= 11 is 1.64. The second-order valence-electron chi connectivity index (χ2n) is 3.90. The molecule has 0 saturated carbocycles. The van der Waals surface area contributed by atoms with E-state index in [9.17, 15) is 0 Å². The Bertz CT molecular complexity index is 535. The number of benzene rings is 2. The Hall–Kier alpha value is -1.87. The zero-order valence-corrected chi connectivity index (χ0v) is 10.6. The summed E-state index contributed by atoms with van der Waals surface area (Å²) in [5.41, 5.74) is 2.32. The molecular weight excluding hydrogens is 240 g/mol. The highest BCUT2D eigenvalue weighted by molar-refractivity contribution is 8.27. The monoisotopic (exact) mass is 252 g/mol. The molecular formula is C15H12N2S. The molecule has 0 saturated heterocycles. The van der Waals surface area contributed by atoms with Crippen LogP contribution in [0.25, 0.3) is 0 Å². The van der Waals surface area contributed by atoms with Gasteiger partial charge in [-0.2, -0.15) is 0 Å². The van der Waals surface area contributed by atoms with E-state index in [0.717, 1.165) is 21.2 Å². The number of aliphatic imine (C=N–C) groups is 2. The molecule has 2 nitrogen and oxygen atoms in total. The van der Waals surface area contributed by atoms with Gasteiger partial charge < -0.3 is 0 Å². The fraction of sp³-hybridized carbons (Fsp3) is 0.0667. The van der Waals surface area contributed by atoms with E-state index in [1.165, 1.54) is 0 Å². The van der Waals surface area contributed by atoms with Gasteiger partial charge in [0.25, 0.3) is 0 Å². The molecule has 1 heterocycles. The van der Waals surface area contributed by atoms with Crippen LogP contribution in [0.15, 0.2) is 70.6 Å². The third-order valence-corrected chi connectivity index (χ3v) is 3.78. The maximum atomic E-state index is 4.47. The van der Waals surface area contributed by atoms with Gasteiger partial charge in [-0.3, -0.25) is 9.98 Å². The normalized spacial score (nSPS) is 14.9. The highest BCUT2D eigenvalue weighted by Crippen LogP contribution is 2.23. The van der Waals surface area contributed by atoms with Gasteiger partial charge in [-0.05, 0) is 11.8 Å². The Balaban J connectivity index is 1.85. The van der Waals surface area contributed by atoms with Gasteiger partial charge in [0.15, 0.2) is 0 Å².